The molecule has 0 fully saturated rings. The van der Waals surface area contributed by atoms with Crippen molar-refractivity contribution in [2.45, 2.75) is 13.8 Å². The zero-order chi connectivity index (χ0) is 16.8. The van der Waals surface area contributed by atoms with Gasteiger partial charge in [-0.3, -0.25) is 9.78 Å². The maximum absolute atomic E-state index is 12.5. The van der Waals surface area contributed by atoms with Gasteiger partial charge in [-0.25, -0.2) is 4.99 Å². The summed E-state index contributed by atoms with van der Waals surface area (Å²) in [6.45, 7) is 6.12. The zero-order valence-electron chi connectivity index (χ0n) is 13.5. The summed E-state index contributed by atoms with van der Waals surface area (Å²) in [5.41, 5.74) is 5.49. The number of carbonyl (C=O) groups is 1. The molecule has 0 bridgehead atoms. The Bertz CT molecular complexity index is 926. The van der Waals surface area contributed by atoms with Crippen LogP contribution in [-0.4, -0.2) is 29.6 Å². The van der Waals surface area contributed by atoms with Gasteiger partial charge in [-0.2, -0.15) is 0 Å². The van der Waals surface area contributed by atoms with Gasteiger partial charge >= 0.3 is 0 Å². The van der Waals surface area contributed by atoms with Gasteiger partial charge < -0.3 is 4.90 Å². The normalized spacial score (nSPS) is 15.0. The van der Waals surface area contributed by atoms with E-state index in [4.69, 9.17) is 16.6 Å². The molecule has 1 aliphatic carbocycles. The Balaban J connectivity index is 1.92. The minimum absolute atomic E-state index is 0.203. The molecule has 0 saturated heterocycles. The molecule has 0 saturated carbocycles. The topological polar surface area (TPSA) is 45.6 Å². The van der Waals surface area contributed by atoms with E-state index >= 15 is 0 Å². The Labute approximate surface area is 145 Å². The SMILES string of the molecule is CCN(CC)c1ccc2c(c1)N=C1C2=C(Cl)C(=O)c2ncccc21. The molecule has 1 aromatic carbocycles. The van der Waals surface area contributed by atoms with E-state index in [1.54, 1.807) is 6.20 Å². The van der Waals surface area contributed by atoms with Crippen LogP contribution in [0, 0.1) is 0 Å². The molecule has 2 aliphatic rings. The first-order valence-electron chi connectivity index (χ1n) is 8.04. The van der Waals surface area contributed by atoms with E-state index in [9.17, 15) is 4.79 Å². The van der Waals surface area contributed by atoms with Crippen molar-refractivity contribution in [3.63, 3.8) is 0 Å². The number of ketones is 1. The molecule has 2 aromatic rings. The van der Waals surface area contributed by atoms with Gasteiger partial charge in [-0.05, 0) is 38.1 Å². The summed E-state index contributed by atoms with van der Waals surface area (Å²) in [5.74, 6) is -0.234. The predicted molar refractivity (Wildman–Crippen MR) is 97.5 cm³/mol. The lowest BCUT2D eigenvalue weighted by atomic mass is 9.89. The number of halogens is 1. The molecule has 0 radical (unpaired) electrons. The minimum atomic E-state index is -0.234. The van der Waals surface area contributed by atoms with Gasteiger partial charge in [0.15, 0.2) is 0 Å². The average molecular weight is 338 g/mol. The Morgan fingerprint density at radius 2 is 1.92 bits per heavy atom. The van der Waals surface area contributed by atoms with Crippen molar-refractivity contribution in [1.82, 2.24) is 4.98 Å². The molecule has 1 aromatic heterocycles. The number of pyridine rings is 1. The van der Waals surface area contributed by atoms with Crippen molar-refractivity contribution in [3.8, 4) is 0 Å². The van der Waals surface area contributed by atoms with Crippen LogP contribution in [0.15, 0.2) is 46.6 Å². The number of fused-ring (bicyclic) bond motifs is 5. The zero-order valence-corrected chi connectivity index (χ0v) is 14.3. The van der Waals surface area contributed by atoms with Crippen molar-refractivity contribution < 1.29 is 4.79 Å². The van der Waals surface area contributed by atoms with Crippen molar-refractivity contribution in [1.29, 1.82) is 0 Å². The first kappa shape index (κ1) is 15.1. The van der Waals surface area contributed by atoms with Crippen LogP contribution in [0.25, 0.3) is 5.57 Å². The molecular formula is C19H16ClN3O. The van der Waals surface area contributed by atoms with Crippen LogP contribution < -0.4 is 4.90 Å². The molecular weight excluding hydrogens is 322 g/mol. The second kappa shape index (κ2) is 5.56. The lowest BCUT2D eigenvalue weighted by molar-refractivity contribution is 0.103. The second-order valence-electron chi connectivity index (χ2n) is 5.75. The van der Waals surface area contributed by atoms with Crippen LogP contribution in [0.2, 0.25) is 0 Å². The van der Waals surface area contributed by atoms with Gasteiger partial charge in [0, 0.05) is 41.7 Å². The largest absolute Gasteiger partial charge is 0.372 e. The highest BCUT2D eigenvalue weighted by Gasteiger charge is 2.35. The van der Waals surface area contributed by atoms with E-state index in [0.717, 1.165) is 46.9 Å². The predicted octanol–water partition coefficient (Wildman–Crippen LogP) is 4.21. The molecule has 4 nitrogen and oxygen atoms in total. The lowest BCUT2D eigenvalue weighted by Crippen LogP contribution is -2.21. The monoisotopic (exact) mass is 337 g/mol. The highest BCUT2D eigenvalue weighted by atomic mass is 35.5. The Morgan fingerprint density at radius 1 is 1.12 bits per heavy atom. The summed E-state index contributed by atoms with van der Waals surface area (Å²) in [7, 11) is 0. The molecule has 120 valence electrons. The Hall–Kier alpha value is -2.46. The molecule has 24 heavy (non-hydrogen) atoms. The number of allylic oxidation sites excluding steroid dienone is 2. The molecule has 0 spiro atoms. The fourth-order valence-electron chi connectivity index (χ4n) is 3.33. The number of aromatic nitrogens is 1. The number of anilines is 1. The number of carbonyl (C=O) groups excluding carboxylic acids is 1. The van der Waals surface area contributed by atoms with Gasteiger partial charge in [0.2, 0.25) is 5.78 Å². The fourth-order valence-corrected chi connectivity index (χ4v) is 3.61. The molecule has 0 atom stereocenters. The van der Waals surface area contributed by atoms with Crippen molar-refractivity contribution in [2.75, 3.05) is 18.0 Å². The minimum Gasteiger partial charge on any atom is -0.372 e. The lowest BCUT2D eigenvalue weighted by Gasteiger charge is -2.21. The molecule has 0 N–H and O–H groups in total. The number of hydrogen-bond acceptors (Lipinski definition) is 4. The van der Waals surface area contributed by atoms with Crippen LogP contribution >= 0.6 is 11.6 Å². The third-order valence-electron chi connectivity index (χ3n) is 4.55. The van der Waals surface area contributed by atoms with Crippen molar-refractivity contribution >= 4 is 40.0 Å². The maximum Gasteiger partial charge on any atom is 0.224 e. The number of benzene rings is 1. The quantitative estimate of drug-likeness (QED) is 0.842. The number of aliphatic imine (C=N–C) groups is 1. The van der Waals surface area contributed by atoms with E-state index in [0.29, 0.717) is 5.69 Å². The van der Waals surface area contributed by atoms with Crippen LogP contribution in [-0.2, 0) is 0 Å². The standard InChI is InChI=1S/C19H16ClN3O/c1-3-23(4-2)11-7-8-12-14(10-11)22-17-13-6-5-9-21-18(13)19(24)16(20)15(12)17/h5-10H,3-4H2,1-2H3. The summed E-state index contributed by atoms with van der Waals surface area (Å²) < 4.78 is 0. The number of hydrogen-bond donors (Lipinski definition) is 0. The van der Waals surface area contributed by atoms with Gasteiger partial charge in [0.25, 0.3) is 0 Å². The van der Waals surface area contributed by atoms with Gasteiger partial charge in [-0.1, -0.05) is 17.7 Å². The first-order valence-corrected chi connectivity index (χ1v) is 8.41. The fraction of sp³-hybridized carbons (Fsp3) is 0.211. The van der Waals surface area contributed by atoms with Crippen molar-refractivity contribution in [2.24, 2.45) is 4.99 Å². The van der Waals surface area contributed by atoms with Crippen LogP contribution in [0.3, 0.4) is 0 Å². The molecule has 0 unspecified atom stereocenters. The van der Waals surface area contributed by atoms with E-state index in [2.05, 4.69) is 35.9 Å². The van der Waals surface area contributed by atoms with Crippen LogP contribution in [0.5, 0.6) is 0 Å². The van der Waals surface area contributed by atoms with E-state index in [1.807, 2.05) is 18.2 Å². The third-order valence-corrected chi connectivity index (χ3v) is 4.91. The van der Waals surface area contributed by atoms with E-state index in [1.165, 1.54) is 0 Å². The molecule has 4 rings (SSSR count). The van der Waals surface area contributed by atoms with Crippen LogP contribution in [0.1, 0.15) is 35.5 Å². The number of nitrogens with zero attached hydrogens (tertiary/aromatic N) is 3. The smallest absolute Gasteiger partial charge is 0.224 e. The molecule has 2 heterocycles. The Kier molecular flexibility index (Phi) is 3.50. The number of rotatable bonds is 3. The summed E-state index contributed by atoms with van der Waals surface area (Å²) in [4.78, 5) is 23.7. The highest BCUT2D eigenvalue weighted by Crippen LogP contribution is 2.44. The highest BCUT2D eigenvalue weighted by molar-refractivity contribution is 6.58. The van der Waals surface area contributed by atoms with Gasteiger partial charge in [0.05, 0.1) is 11.4 Å². The molecule has 0 amide bonds. The number of Topliss-reactive ketones (excluding diaryl/α,β-unsaturated/α-hetero) is 1. The first-order chi connectivity index (χ1) is 11.7. The van der Waals surface area contributed by atoms with Gasteiger partial charge in [0.1, 0.15) is 10.7 Å². The molecule has 1 aliphatic heterocycles. The van der Waals surface area contributed by atoms with E-state index in [-0.39, 0.29) is 10.8 Å². The average Bonchev–Trinajstić information content (AvgIpc) is 3.00. The summed E-state index contributed by atoms with van der Waals surface area (Å²) in [6.07, 6.45) is 1.60. The van der Waals surface area contributed by atoms with Crippen molar-refractivity contribution in [3.05, 3.63) is 58.4 Å². The summed E-state index contributed by atoms with van der Waals surface area (Å²) in [6, 6.07) is 9.82. The van der Waals surface area contributed by atoms with Gasteiger partial charge in [-0.15, -0.1) is 0 Å². The summed E-state index contributed by atoms with van der Waals surface area (Å²) in [5, 5.41) is 0.203. The molecule has 5 heteroatoms. The van der Waals surface area contributed by atoms with E-state index < -0.39 is 0 Å². The maximum atomic E-state index is 12.5. The summed E-state index contributed by atoms with van der Waals surface area (Å²) >= 11 is 6.38. The van der Waals surface area contributed by atoms with Crippen LogP contribution in [0.4, 0.5) is 11.4 Å². The second-order valence-corrected chi connectivity index (χ2v) is 6.13. The third kappa shape index (κ3) is 2.03. The Morgan fingerprint density at radius 3 is 2.67 bits per heavy atom.